The maximum Gasteiger partial charge on any atom is 0.416 e. The third-order valence-corrected chi connectivity index (χ3v) is 2.00. The highest BCUT2D eigenvalue weighted by Crippen LogP contribution is 2.32. The van der Waals surface area contributed by atoms with Gasteiger partial charge in [0.25, 0.3) is 0 Å². The van der Waals surface area contributed by atoms with Gasteiger partial charge in [0.05, 0.1) is 12.2 Å². The quantitative estimate of drug-likeness (QED) is 0.474. The van der Waals surface area contributed by atoms with E-state index in [0.29, 0.717) is 18.2 Å². The van der Waals surface area contributed by atoms with E-state index >= 15 is 0 Å². The summed E-state index contributed by atoms with van der Waals surface area (Å²) in [6.07, 6.45) is -2.90. The Morgan fingerprint density at radius 3 is 2.61 bits per heavy atom. The van der Waals surface area contributed by atoms with E-state index in [4.69, 9.17) is 0 Å². The van der Waals surface area contributed by atoms with Crippen molar-refractivity contribution in [3.8, 4) is 0 Å². The van der Waals surface area contributed by atoms with Gasteiger partial charge in [-0.15, -0.1) is 0 Å². The van der Waals surface area contributed by atoms with Gasteiger partial charge < -0.3 is 4.74 Å². The highest BCUT2D eigenvalue weighted by atomic mass is 19.4. The van der Waals surface area contributed by atoms with Crippen LogP contribution in [0.5, 0.6) is 0 Å². The van der Waals surface area contributed by atoms with E-state index in [2.05, 4.69) is 4.74 Å². The monoisotopic (exact) mass is 262 g/mol. The molecule has 0 fully saturated rings. The standard InChI is InChI=1S/C12H10F4O2/c1-2-18-11(17)6-3-8-7-9(13)4-5-10(8)12(14,15)16/h3-7H,2H2,1H3. The van der Waals surface area contributed by atoms with Gasteiger partial charge >= 0.3 is 12.1 Å². The largest absolute Gasteiger partial charge is 0.463 e. The summed E-state index contributed by atoms with van der Waals surface area (Å²) >= 11 is 0. The molecule has 2 nitrogen and oxygen atoms in total. The number of halogens is 4. The lowest BCUT2D eigenvalue weighted by molar-refractivity contribution is -0.138. The second-order valence-corrected chi connectivity index (χ2v) is 3.31. The van der Waals surface area contributed by atoms with E-state index in [1.807, 2.05) is 0 Å². The fourth-order valence-electron chi connectivity index (χ4n) is 1.28. The highest BCUT2D eigenvalue weighted by molar-refractivity contribution is 5.87. The molecule has 1 rings (SSSR count). The van der Waals surface area contributed by atoms with Gasteiger partial charge in [-0.1, -0.05) is 0 Å². The van der Waals surface area contributed by atoms with E-state index in [-0.39, 0.29) is 6.61 Å². The number of alkyl halides is 3. The van der Waals surface area contributed by atoms with Crippen LogP contribution >= 0.6 is 0 Å². The van der Waals surface area contributed by atoms with Crippen molar-refractivity contribution in [3.63, 3.8) is 0 Å². The predicted molar refractivity (Wildman–Crippen MR) is 57.1 cm³/mol. The number of carbonyl (C=O) groups is 1. The second kappa shape index (κ2) is 5.66. The molecule has 98 valence electrons. The number of carbonyl (C=O) groups excluding carboxylic acids is 1. The molecule has 0 heterocycles. The molecular weight excluding hydrogens is 252 g/mol. The molecule has 1 aromatic rings. The van der Waals surface area contributed by atoms with Crippen LogP contribution in [0.25, 0.3) is 6.08 Å². The van der Waals surface area contributed by atoms with Crippen molar-refractivity contribution in [2.75, 3.05) is 6.61 Å². The van der Waals surface area contributed by atoms with Crippen molar-refractivity contribution in [2.24, 2.45) is 0 Å². The Hall–Kier alpha value is -1.85. The molecule has 0 radical (unpaired) electrons. The smallest absolute Gasteiger partial charge is 0.416 e. The molecule has 0 aromatic heterocycles. The lowest BCUT2D eigenvalue weighted by Crippen LogP contribution is -2.08. The minimum absolute atomic E-state index is 0.110. The fourth-order valence-corrected chi connectivity index (χ4v) is 1.28. The number of hydrogen-bond donors (Lipinski definition) is 0. The number of ether oxygens (including phenoxy) is 1. The van der Waals surface area contributed by atoms with Crippen LogP contribution in [-0.4, -0.2) is 12.6 Å². The van der Waals surface area contributed by atoms with E-state index in [9.17, 15) is 22.4 Å². The molecule has 0 bridgehead atoms. The normalized spacial score (nSPS) is 11.8. The van der Waals surface area contributed by atoms with Gasteiger partial charge in [0.1, 0.15) is 5.82 Å². The Morgan fingerprint density at radius 1 is 1.39 bits per heavy atom. The molecule has 0 atom stereocenters. The first-order valence-corrected chi connectivity index (χ1v) is 5.06. The average molecular weight is 262 g/mol. The number of rotatable bonds is 3. The van der Waals surface area contributed by atoms with E-state index < -0.39 is 29.1 Å². The minimum atomic E-state index is -4.61. The third kappa shape index (κ3) is 3.87. The molecule has 6 heteroatoms. The highest BCUT2D eigenvalue weighted by Gasteiger charge is 2.32. The van der Waals surface area contributed by atoms with Crippen LogP contribution < -0.4 is 0 Å². The van der Waals surface area contributed by atoms with Crippen molar-refractivity contribution in [3.05, 3.63) is 41.2 Å². The first-order valence-electron chi connectivity index (χ1n) is 5.06. The van der Waals surface area contributed by atoms with Crippen LogP contribution in [-0.2, 0) is 15.7 Å². The zero-order valence-electron chi connectivity index (χ0n) is 9.42. The summed E-state index contributed by atoms with van der Waals surface area (Å²) in [5.41, 5.74) is -1.43. The van der Waals surface area contributed by atoms with Gasteiger partial charge in [-0.2, -0.15) is 13.2 Å². The summed E-state index contributed by atoms with van der Waals surface area (Å²) < 4.78 is 55.1. The summed E-state index contributed by atoms with van der Waals surface area (Å²) in [7, 11) is 0. The number of esters is 1. The number of benzene rings is 1. The van der Waals surface area contributed by atoms with Crippen molar-refractivity contribution in [1.82, 2.24) is 0 Å². The van der Waals surface area contributed by atoms with Gasteiger partial charge in [-0.05, 0) is 36.8 Å². The molecule has 0 saturated heterocycles. The summed E-state index contributed by atoms with van der Waals surface area (Å²) in [5.74, 6) is -1.60. The van der Waals surface area contributed by atoms with Gasteiger partial charge in [0, 0.05) is 6.08 Å². The lowest BCUT2D eigenvalue weighted by Gasteiger charge is -2.10. The number of hydrogen-bond acceptors (Lipinski definition) is 2. The molecule has 0 unspecified atom stereocenters. The van der Waals surface area contributed by atoms with Crippen LogP contribution in [0.4, 0.5) is 17.6 Å². The summed E-state index contributed by atoms with van der Waals surface area (Å²) in [6, 6.07) is 2.04. The predicted octanol–water partition coefficient (Wildman–Crippen LogP) is 3.42. The lowest BCUT2D eigenvalue weighted by atomic mass is 10.1. The molecule has 0 amide bonds. The van der Waals surface area contributed by atoms with Crippen molar-refractivity contribution in [2.45, 2.75) is 13.1 Å². The molecule has 0 aliphatic carbocycles. The molecule has 0 N–H and O–H groups in total. The molecule has 1 aromatic carbocycles. The summed E-state index contributed by atoms with van der Waals surface area (Å²) in [6.45, 7) is 1.67. The van der Waals surface area contributed by atoms with Crippen LogP contribution in [0.3, 0.4) is 0 Å². The Kier molecular flexibility index (Phi) is 4.47. The molecule has 0 spiro atoms. The van der Waals surface area contributed by atoms with Crippen molar-refractivity contribution < 1.29 is 27.1 Å². The summed E-state index contributed by atoms with van der Waals surface area (Å²) in [4.78, 5) is 11.0. The van der Waals surface area contributed by atoms with E-state index in [0.717, 1.165) is 12.2 Å². The summed E-state index contributed by atoms with van der Waals surface area (Å²) in [5, 5.41) is 0. The SMILES string of the molecule is CCOC(=O)C=Cc1cc(F)ccc1C(F)(F)F. The van der Waals surface area contributed by atoms with Crippen molar-refractivity contribution in [1.29, 1.82) is 0 Å². The van der Waals surface area contributed by atoms with E-state index in [1.165, 1.54) is 0 Å². The Labute approximate surface area is 101 Å². The van der Waals surface area contributed by atoms with E-state index in [1.54, 1.807) is 6.92 Å². The topological polar surface area (TPSA) is 26.3 Å². The van der Waals surface area contributed by atoms with Gasteiger partial charge in [-0.3, -0.25) is 0 Å². The van der Waals surface area contributed by atoms with Gasteiger partial charge in [0.15, 0.2) is 0 Å². The van der Waals surface area contributed by atoms with Gasteiger partial charge in [0.2, 0.25) is 0 Å². The third-order valence-electron chi connectivity index (χ3n) is 2.00. The molecular formula is C12H10F4O2. The molecule has 0 saturated carbocycles. The first kappa shape index (κ1) is 14.2. The minimum Gasteiger partial charge on any atom is -0.463 e. The second-order valence-electron chi connectivity index (χ2n) is 3.31. The fraction of sp³-hybridized carbons (Fsp3) is 0.250. The zero-order chi connectivity index (χ0) is 13.8. The molecule has 0 aliphatic heterocycles. The zero-order valence-corrected chi connectivity index (χ0v) is 9.42. The molecule has 18 heavy (non-hydrogen) atoms. The molecule has 0 aliphatic rings. The van der Waals surface area contributed by atoms with Crippen LogP contribution in [0, 0.1) is 5.82 Å². The maximum absolute atomic E-state index is 12.9. The average Bonchev–Trinajstić information content (AvgIpc) is 2.25. The van der Waals surface area contributed by atoms with Crippen LogP contribution in [0.1, 0.15) is 18.1 Å². The Balaban J connectivity index is 3.07. The maximum atomic E-state index is 12.9. The van der Waals surface area contributed by atoms with Crippen molar-refractivity contribution >= 4 is 12.0 Å². The Morgan fingerprint density at radius 2 is 2.06 bits per heavy atom. The first-order chi connectivity index (χ1) is 8.34. The van der Waals surface area contributed by atoms with Gasteiger partial charge in [-0.25, -0.2) is 9.18 Å². The van der Waals surface area contributed by atoms with Crippen LogP contribution in [0.2, 0.25) is 0 Å². The van der Waals surface area contributed by atoms with Crippen LogP contribution in [0.15, 0.2) is 24.3 Å². The Bertz CT molecular complexity index is 464.